The third-order valence-corrected chi connectivity index (χ3v) is 3.95. The number of hydrogen-bond acceptors (Lipinski definition) is 5. The van der Waals surface area contributed by atoms with Crippen molar-refractivity contribution in [1.82, 2.24) is 24.5 Å². The number of carbonyl (C=O) groups is 1. The first-order valence-electron chi connectivity index (χ1n) is 7.76. The quantitative estimate of drug-likeness (QED) is 0.605. The van der Waals surface area contributed by atoms with Gasteiger partial charge in [0.15, 0.2) is 5.58 Å². The molecule has 0 saturated heterocycles. The largest absolute Gasteiger partial charge is 0.463 e. The van der Waals surface area contributed by atoms with Crippen LogP contribution in [0, 0.1) is 6.92 Å². The molecule has 0 aromatic carbocycles. The Kier molecular flexibility index (Phi) is 3.57. The zero-order chi connectivity index (χ0) is 17.4. The minimum Gasteiger partial charge on any atom is -0.463 e. The first-order chi connectivity index (χ1) is 12.1. The molecule has 0 unspecified atom stereocenters. The number of amides is 1. The summed E-state index contributed by atoms with van der Waals surface area (Å²) in [4.78, 5) is 28.9. The third-order valence-electron chi connectivity index (χ3n) is 3.95. The highest BCUT2D eigenvalue weighted by atomic mass is 16.3. The molecule has 1 N–H and O–H groups in total. The summed E-state index contributed by atoms with van der Waals surface area (Å²) in [6.07, 6.45) is 3.22. The number of hydrogen-bond donors (Lipinski definition) is 1. The monoisotopic (exact) mass is 337 g/mol. The predicted molar refractivity (Wildman–Crippen MR) is 90.0 cm³/mol. The summed E-state index contributed by atoms with van der Waals surface area (Å²) in [6.45, 7) is 1.92. The molecule has 4 rings (SSSR count). The fourth-order valence-corrected chi connectivity index (χ4v) is 2.82. The van der Waals surface area contributed by atoms with E-state index in [1.165, 1.54) is 0 Å². The summed E-state index contributed by atoms with van der Waals surface area (Å²) in [5, 5.41) is 6.98. The predicted octanol–water partition coefficient (Wildman–Crippen LogP) is 1.26. The highest BCUT2D eigenvalue weighted by molar-refractivity contribution is 5.82. The van der Waals surface area contributed by atoms with Gasteiger partial charge < -0.3 is 9.73 Å². The van der Waals surface area contributed by atoms with Crippen molar-refractivity contribution >= 4 is 22.5 Å². The Balaban J connectivity index is 1.60. The average Bonchev–Trinajstić information content (AvgIpc) is 3.19. The lowest BCUT2D eigenvalue weighted by Crippen LogP contribution is -2.34. The van der Waals surface area contributed by atoms with Crippen LogP contribution in [0.5, 0.6) is 0 Å². The molecule has 0 spiro atoms. The van der Waals surface area contributed by atoms with Gasteiger partial charge in [-0.05, 0) is 19.1 Å². The molecule has 4 heterocycles. The number of aryl methyl sites for hydroxylation is 1. The summed E-state index contributed by atoms with van der Waals surface area (Å²) < 4.78 is 8.23. The molecular formula is C17H15N5O3. The van der Waals surface area contributed by atoms with E-state index in [-0.39, 0.29) is 18.0 Å². The topological polar surface area (TPSA) is 94.4 Å². The lowest BCUT2D eigenvalue weighted by Gasteiger charge is -2.09. The van der Waals surface area contributed by atoms with Gasteiger partial charge in [0.1, 0.15) is 17.9 Å². The summed E-state index contributed by atoms with van der Waals surface area (Å²) in [5.41, 5.74) is 2.22. The van der Waals surface area contributed by atoms with Gasteiger partial charge in [0.05, 0.1) is 24.0 Å². The Morgan fingerprint density at radius 3 is 2.96 bits per heavy atom. The van der Waals surface area contributed by atoms with Crippen molar-refractivity contribution in [1.29, 1.82) is 0 Å². The number of nitrogens with zero attached hydrogens (tertiary/aromatic N) is 4. The van der Waals surface area contributed by atoms with Crippen molar-refractivity contribution in [2.45, 2.75) is 20.0 Å². The van der Waals surface area contributed by atoms with Crippen LogP contribution < -0.4 is 10.9 Å². The maximum Gasteiger partial charge on any atom is 0.291 e. The summed E-state index contributed by atoms with van der Waals surface area (Å²) in [5.74, 6) is 0.294. The van der Waals surface area contributed by atoms with E-state index in [1.54, 1.807) is 42.0 Å². The van der Waals surface area contributed by atoms with Gasteiger partial charge in [-0.1, -0.05) is 6.07 Å². The molecular weight excluding hydrogens is 322 g/mol. The minimum atomic E-state index is -0.343. The maximum atomic E-state index is 12.6. The minimum absolute atomic E-state index is 0.157. The molecule has 0 saturated carbocycles. The van der Waals surface area contributed by atoms with Crippen molar-refractivity contribution in [2.75, 3.05) is 0 Å². The normalized spacial score (nSPS) is 11.2. The molecule has 0 bridgehead atoms. The Morgan fingerprint density at radius 1 is 1.28 bits per heavy atom. The standard InChI is InChI=1S/C17H15N5O3/c1-11-20-21(10-16(23)19-9-12-4-2-3-6-18-12)17(24)14-8-15-13(22(11)14)5-7-25-15/h2-8H,9-10H2,1H3,(H,19,23). The van der Waals surface area contributed by atoms with Crippen LogP contribution in [-0.2, 0) is 17.9 Å². The highest BCUT2D eigenvalue weighted by Gasteiger charge is 2.15. The molecule has 0 atom stereocenters. The van der Waals surface area contributed by atoms with Crippen LogP contribution in [0.2, 0.25) is 0 Å². The molecule has 0 aliphatic rings. The number of fused-ring (bicyclic) bond motifs is 3. The number of aromatic nitrogens is 4. The van der Waals surface area contributed by atoms with Gasteiger partial charge in [-0.15, -0.1) is 0 Å². The van der Waals surface area contributed by atoms with Gasteiger partial charge in [0, 0.05) is 18.3 Å². The van der Waals surface area contributed by atoms with Gasteiger partial charge in [-0.25, -0.2) is 4.68 Å². The molecule has 8 heteroatoms. The van der Waals surface area contributed by atoms with Crippen molar-refractivity contribution in [3.63, 3.8) is 0 Å². The Bertz CT molecular complexity index is 1120. The zero-order valence-electron chi connectivity index (χ0n) is 13.5. The smallest absolute Gasteiger partial charge is 0.291 e. The van der Waals surface area contributed by atoms with E-state index in [0.29, 0.717) is 23.5 Å². The van der Waals surface area contributed by atoms with E-state index in [1.807, 2.05) is 12.1 Å². The molecule has 4 aromatic rings. The fourth-order valence-electron chi connectivity index (χ4n) is 2.82. The van der Waals surface area contributed by atoms with Gasteiger partial charge >= 0.3 is 0 Å². The van der Waals surface area contributed by atoms with Crippen LogP contribution in [0.3, 0.4) is 0 Å². The second-order valence-electron chi connectivity index (χ2n) is 5.64. The summed E-state index contributed by atoms with van der Waals surface area (Å²) in [6, 6.07) is 8.91. The first-order valence-corrected chi connectivity index (χ1v) is 7.76. The Morgan fingerprint density at radius 2 is 2.16 bits per heavy atom. The number of pyridine rings is 1. The molecule has 126 valence electrons. The van der Waals surface area contributed by atoms with Crippen LogP contribution >= 0.6 is 0 Å². The summed E-state index contributed by atoms with van der Waals surface area (Å²) >= 11 is 0. The lowest BCUT2D eigenvalue weighted by molar-refractivity contribution is -0.122. The number of rotatable bonds is 4. The SMILES string of the molecule is Cc1nn(CC(=O)NCc2ccccn2)c(=O)c2cc3occc3n12. The van der Waals surface area contributed by atoms with E-state index in [0.717, 1.165) is 15.9 Å². The molecule has 4 aromatic heterocycles. The molecule has 25 heavy (non-hydrogen) atoms. The van der Waals surface area contributed by atoms with E-state index >= 15 is 0 Å². The van der Waals surface area contributed by atoms with Crippen molar-refractivity contribution < 1.29 is 9.21 Å². The van der Waals surface area contributed by atoms with Crippen molar-refractivity contribution in [3.8, 4) is 0 Å². The van der Waals surface area contributed by atoms with Crippen molar-refractivity contribution in [3.05, 3.63) is 64.7 Å². The fraction of sp³-hybridized carbons (Fsp3) is 0.176. The van der Waals surface area contributed by atoms with E-state index < -0.39 is 0 Å². The molecule has 8 nitrogen and oxygen atoms in total. The van der Waals surface area contributed by atoms with Crippen LogP contribution in [-0.4, -0.2) is 25.1 Å². The zero-order valence-corrected chi connectivity index (χ0v) is 13.5. The van der Waals surface area contributed by atoms with E-state index in [4.69, 9.17) is 4.42 Å². The van der Waals surface area contributed by atoms with Crippen molar-refractivity contribution in [2.24, 2.45) is 0 Å². The number of nitrogens with one attached hydrogen (secondary N) is 1. The van der Waals surface area contributed by atoms with E-state index in [9.17, 15) is 9.59 Å². The molecule has 1 amide bonds. The molecule has 0 fully saturated rings. The lowest BCUT2D eigenvalue weighted by atomic mass is 10.3. The van der Waals surface area contributed by atoms with E-state index in [2.05, 4.69) is 15.4 Å². The van der Waals surface area contributed by atoms with Gasteiger partial charge in [0.2, 0.25) is 5.91 Å². The average molecular weight is 337 g/mol. The highest BCUT2D eigenvalue weighted by Crippen LogP contribution is 2.19. The van der Waals surface area contributed by atoms with Gasteiger partial charge in [-0.3, -0.25) is 19.0 Å². The van der Waals surface area contributed by atoms with Crippen LogP contribution in [0.4, 0.5) is 0 Å². The van der Waals surface area contributed by atoms with Gasteiger partial charge in [0.25, 0.3) is 5.56 Å². The third kappa shape index (κ3) is 2.67. The first kappa shape index (κ1) is 15.1. The second kappa shape index (κ2) is 5.90. The van der Waals surface area contributed by atoms with Crippen LogP contribution in [0.15, 0.2) is 52.0 Å². The summed E-state index contributed by atoms with van der Waals surface area (Å²) in [7, 11) is 0. The van der Waals surface area contributed by atoms with Crippen LogP contribution in [0.1, 0.15) is 11.5 Å². The number of furan rings is 1. The number of carbonyl (C=O) groups excluding carboxylic acids is 1. The maximum absolute atomic E-state index is 12.6. The van der Waals surface area contributed by atoms with Gasteiger partial charge in [-0.2, -0.15) is 5.10 Å². The second-order valence-corrected chi connectivity index (χ2v) is 5.64. The molecule has 0 aliphatic heterocycles. The Hall–Kier alpha value is -3.42. The molecule has 0 radical (unpaired) electrons. The molecule has 0 aliphatic carbocycles. The van der Waals surface area contributed by atoms with Crippen LogP contribution in [0.25, 0.3) is 16.6 Å². The Labute approximate surface area is 141 Å².